The first-order valence-corrected chi connectivity index (χ1v) is 8.13. The van der Waals surface area contributed by atoms with Crippen molar-refractivity contribution in [2.45, 2.75) is 19.9 Å². The van der Waals surface area contributed by atoms with Gasteiger partial charge in [-0.3, -0.25) is 14.9 Å². The molecule has 0 aliphatic heterocycles. The Bertz CT molecular complexity index is 889. The molecule has 2 aromatic rings. The number of nitro groups is 1. The first-order chi connectivity index (χ1) is 12.8. The van der Waals surface area contributed by atoms with Crippen LogP contribution in [0.2, 0.25) is 0 Å². The van der Waals surface area contributed by atoms with Gasteiger partial charge in [-0.05, 0) is 55.8 Å². The number of nitro benzene ring substituents is 1. The van der Waals surface area contributed by atoms with Crippen molar-refractivity contribution in [2.75, 3.05) is 5.32 Å². The van der Waals surface area contributed by atoms with Crippen LogP contribution in [-0.4, -0.2) is 27.9 Å². The van der Waals surface area contributed by atoms with Crippen LogP contribution in [0.25, 0.3) is 6.08 Å². The molecule has 27 heavy (non-hydrogen) atoms. The Morgan fingerprint density at radius 3 is 2.41 bits per heavy atom. The first-order valence-electron chi connectivity index (χ1n) is 8.13. The molecule has 140 valence electrons. The molecular weight excluding hydrogens is 350 g/mol. The molecule has 8 heteroatoms. The molecule has 0 aliphatic carbocycles. The number of rotatable bonds is 6. The van der Waals surface area contributed by atoms with E-state index in [4.69, 9.17) is 0 Å². The highest BCUT2D eigenvalue weighted by molar-refractivity contribution is 6.07. The number of phenolic OH excluding ortho intramolecular Hbond substituents is 1. The predicted molar refractivity (Wildman–Crippen MR) is 102 cm³/mol. The topological polar surface area (TPSA) is 122 Å². The van der Waals surface area contributed by atoms with E-state index in [1.165, 1.54) is 30.4 Å². The number of carbonyl (C=O) groups excluding carboxylic acids is 2. The SMILES string of the molecule is CC(C)NC(=O)Nc1ccc(C(=O)/C=C/c2ccc(O)c([N+](=O)[O-])c2)cc1. The van der Waals surface area contributed by atoms with E-state index in [1.54, 1.807) is 24.3 Å². The fourth-order valence-electron chi connectivity index (χ4n) is 2.21. The minimum atomic E-state index is -0.699. The summed E-state index contributed by atoms with van der Waals surface area (Å²) in [7, 11) is 0. The number of carbonyl (C=O) groups is 2. The fraction of sp³-hybridized carbons (Fsp3) is 0.158. The highest BCUT2D eigenvalue weighted by atomic mass is 16.6. The Kier molecular flexibility index (Phi) is 6.27. The van der Waals surface area contributed by atoms with Crippen LogP contribution in [0.1, 0.15) is 29.8 Å². The Balaban J connectivity index is 2.06. The molecule has 3 N–H and O–H groups in total. The van der Waals surface area contributed by atoms with Crippen molar-refractivity contribution < 1.29 is 19.6 Å². The summed E-state index contributed by atoms with van der Waals surface area (Å²) in [6.45, 7) is 3.69. The van der Waals surface area contributed by atoms with E-state index >= 15 is 0 Å². The third-order valence-electron chi connectivity index (χ3n) is 3.47. The van der Waals surface area contributed by atoms with Crippen molar-refractivity contribution in [3.8, 4) is 5.75 Å². The number of benzene rings is 2. The quantitative estimate of drug-likeness (QED) is 0.310. The minimum absolute atomic E-state index is 0.00621. The first kappa shape index (κ1) is 19.6. The van der Waals surface area contributed by atoms with E-state index in [9.17, 15) is 24.8 Å². The van der Waals surface area contributed by atoms with Crippen molar-refractivity contribution in [3.63, 3.8) is 0 Å². The number of aromatic hydroxyl groups is 1. The summed E-state index contributed by atoms with van der Waals surface area (Å²) in [6.07, 6.45) is 2.71. The second-order valence-electron chi connectivity index (χ2n) is 6.03. The van der Waals surface area contributed by atoms with E-state index in [0.29, 0.717) is 16.8 Å². The zero-order valence-corrected chi connectivity index (χ0v) is 14.8. The molecule has 2 aromatic carbocycles. The molecule has 0 bridgehead atoms. The molecule has 0 heterocycles. The van der Waals surface area contributed by atoms with Gasteiger partial charge in [-0.2, -0.15) is 0 Å². The van der Waals surface area contributed by atoms with Gasteiger partial charge in [0, 0.05) is 23.4 Å². The summed E-state index contributed by atoms with van der Waals surface area (Å²) < 4.78 is 0. The van der Waals surface area contributed by atoms with E-state index in [-0.39, 0.29) is 17.9 Å². The van der Waals surface area contributed by atoms with E-state index in [1.807, 2.05) is 13.8 Å². The Hall–Kier alpha value is -3.68. The van der Waals surface area contributed by atoms with Gasteiger partial charge in [0.05, 0.1) is 4.92 Å². The maximum Gasteiger partial charge on any atom is 0.319 e. The molecule has 0 aromatic heterocycles. The summed E-state index contributed by atoms with van der Waals surface area (Å²) in [6, 6.07) is 9.85. The number of urea groups is 1. The highest BCUT2D eigenvalue weighted by Gasteiger charge is 2.12. The number of anilines is 1. The molecule has 0 atom stereocenters. The number of phenols is 1. The molecule has 0 radical (unpaired) electrons. The fourth-order valence-corrected chi connectivity index (χ4v) is 2.21. The predicted octanol–water partition coefficient (Wildman–Crippen LogP) is 3.73. The van der Waals surface area contributed by atoms with Crippen molar-refractivity contribution in [2.24, 2.45) is 0 Å². The molecule has 0 saturated carbocycles. The van der Waals surface area contributed by atoms with Crippen molar-refractivity contribution in [3.05, 3.63) is 69.8 Å². The van der Waals surface area contributed by atoms with Crippen LogP contribution in [0.5, 0.6) is 5.75 Å². The minimum Gasteiger partial charge on any atom is -0.502 e. The number of ketones is 1. The van der Waals surface area contributed by atoms with E-state index in [2.05, 4.69) is 10.6 Å². The lowest BCUT2D eigenvalue weighted by atomic mass is 10.1. The maximum atomic E-state index is 12.2. The van der Waals surface area contributed by atoms with Gasteiger partial charge in [0.1, 0.15) is 0 Å². The standard InChI is InChI=1S/C19H19N3O5/c1-12(2)20-19(25)21-15-7-5-14(6-8-15)17(23)9-3-13-4-10-18(24)16(11-13)22(26)27/h3-12,24H,1-2H3,(H2,20,21,25)/b9-3+. The molecule has 0 unspecified atom stereocenters. The number of allylic oxidation sites excluding steroid dienone is 1. The third-order valence-corrected chi connectivity index (χ3v) is 3.47. The summed E-state index contributed by atoms with van der Waals surface area (Å²) in [4.78, 5) is 34.0. The zero-order valence-electron chi connectivity index (χ0n) is 14.8. The third kappa shape index (κ3) is 5.67. The monoisotopic (exact) mass is 369 g/mol. The largest absolute Gasteiger partial charge is 0.502 e. The lowest BCUT2D eigenvalue weighted by molar-refractivity contribution is -0.385. The molecule has 0 spiro atoms. The number of hydrogen-bond donors (Lipinski definition) is 3. The second-order valence-corrected chi connectivity index (χ2v) is 6.03. The van der Waals surface area contributed by atoms with Gasteiger partial charge in [-0.1, -0.05) is 12.1 Å². The molecule has 0 aliphatic rings. The molecule has 0 saturated heterocycles. The van der Waals surface area contributed by atoms with E-state index in [0.717, 1.165) is 0 Å². The normalized spacial score (nSPS) is 10.8. The molecule has 8 nitrogen and oxygen atoms in total. The number of nitrogens with one attached hydrogen (secondary N) is 2. The zero-order chi connectivity index (χ0) is 20.0. The van der Waals surface area contributed by atoms with Gasteiger partial charge in [0.15, 0.2) is 11.5 Å². The average Bonchev–Trinajstić information content (AvgIpc) is 2.60. The number of nitrogens with zero attached hydrogens (tertiary/aromatic N) is 1. The highest BCUT2D eigenvalue weighted by Crippen LogP contribution is 2.26. The lowest BCUT2D eigenvalue weighted by Gasteiger charge is -2.10. The summed E-state index contributed by atoms with van der Waals surface area (Å²) >= 11 is 0. The second kappa shape index (κ2) is 8.61. The van der Waals surface area contributed by atoms with Crippen LogP contribution in [0.3, 0.4) is 0 Å². The van der Waals surface area contributed by atoms with Crippen LogP contribution in [-0.2, 0) is 0 Å². The van der Waals surface area contributed by atoms with Crippen LogP contribution >= 0.6 is 0 Å². The summed E-state index contributed by atoms with van der Waals surface area (Å²) in [5, 5.41) is 25.6. The van der Waals surface area contributed by atoms with Gasteiger partial charge < -0.3 is 15.7 Å². The van der Waals surface area contributed by atoms with Crippen molar-refractivity contribution in [1.82, 2.24) is 5.32 Å². The Morgan fingerprint density at radius 2 is 1.81 bits per heavy atom. The number of hydrogen-bond acceptors (Lipinski definition) is 5. The molecule has 2 rings (SSSR count). The van der Waals surface area contributed by atoms with Gasteiger partial charge >= 0.3 is 11.7 Å². The van der Waals surface area contributed by atoms with Gasteiger partial charge in [0.2, 0.25) is 0 Å². The van der Waals surface area contributed by atoms with Crippen molar-refractivity contribution >= 4 is 29.3 Å². The Labute approximate surface area is 155 Å². The van der Waals surface area contributed by atoms with Gasteiger partial charge in [-0.15, -0.1) is 0 Å². The van der Waals surface area contributed by atoms with Crippen LogP contribution in [0.15, 0.2) is 48.5 Å². The summed E-state index contributed by atoms with van der Waals surface area (Å²) in [5.74, 6) is -0.739. The van der Waals surface area contributed by atoms with Gasteiger partial charge in [-0.25, -0.2) is 4.79 Å². The van der Waals surface area contributed by atoms with Crippen LogP contribution < -0.4 is 10.6 Å². The summed E-state index contributed by atoms with van der Waals surface area (Å²) in [5.41, 5.74) is 0.924. The Morgan fingerprint density at radius 1 is 1.15 bits per heavy atom. The molecule has 0 fully saturated rings. The van der Waals surface area contributed by atoms with Crippen LogP contribution in [0.4, 0.5) is 16.2 Å². The molecular formula is C19H19N3O5. The smallest absolute Gasteiger partial charge is 0.319 e. The average molecular weight is 369 g/mol. The molecule has 2 amide bonds. The maximum absolute atomic E-state index is 12.2. The van der Waals surface area contributed by atoms with Crippen LogP contribution in [0, 0.1) is 10.1 Å². The van der Waals surface area contributed by atoms with Crippen molar-refractivity contribution in [1.29, 1.82) is 0 Å². The van der Waals surface area contributed by atoms with Gasteiger partial charge in [0.25, 0.3) is 0 Å². The lowest BCUT2D eigenvalue weighted by Crippen LogP contribution is -2.34. The number of amides is 2. The van der Waals surface area contributed by atoms with E-state index < -0.39 is 16.4 Å².